The van der Waals surface area contributed by atoms with Crippen LogP contribution in [-0.2, 0) is 6.54 Å². The zero-order chi connectivity index (χ0) is 18.8. The summed E-state index contributed by atoms with van der Waals surface area (Å²) < 4.78 is 3.81. The van der Waals surface area contributed by atoms with Gasteiger partial charge >= 0.3 is 0 Å². The third kappa shape index (κ3) is 3.97. The van der Waals surface area contributed by atoms with Crippen molar-refractivity contribution in [2.24, 2.45) is 0 Å². The summed E-state index contributed by atoms with van der Waals surface area (Å²) in [5.74, 6) is -0.0626. The van der Waals surface area contributed by atoms with E-state index in [0.29, 0.717) is 23.9 Å². The number of hydrogen-bond donors (Lipinski definition) is 0. The summed E-state index contributed by atoms with van der Waals surface area (Å²) in [6.45, 7) is 5.87. The molecule has 0 spiro atoms. The number of anilines is 1. The van der Waals surface area contributed by atoms with E-state index in [-0.39, 0.29) is 5.91 Å². The maximum absolute atomic E-state index is 13.3. The Hall–Kier alpha value is -1.77. The highest BCUT2D eigenvalue weighted by molar-refractivity contribution is 9.10. The van der Waals surface area contributed by atoms with E-state index in [4.69, 9.17) is 4.98 Å². The van der Waals surface area contributed by atoms with Crippen LogP contribution in [0.15, 0.2) is 28.7 Å². The minimum absolute atomic E-state index is 0.0626. The van der Waals surface area contributed by atoms with Gasteiger partial charge in [-0.05, 0) is 52.2 Å². The van der Waals surface area contributed by atoms with E-state index in [1.807, 2.05) is 52.2 Å². The largest absolute Gasteiger partial charge is 0.308 e. The average molecular weight is 436 g/mol. The fourth-order valence-corrected chi connectivity index (χ4v) is 4.22. The molecule has 8 heteroatoms. The van der Waals surface area contributed by atoms with Crippen molar-refractivity contribution in [3.8, 4) is 0 Å². The lowest BCUT2D eigenvalue weighted by Crippen LogP contribution is -2.37. The topological polar surface area (TPSA) is 54.3 Å². The molecule has 2 heterocycles. The van der Waals surface area contributed by atoms with Crippen LogP contribution in [0, 0.1) is 6.92 Å². The number of benzene rings is 1. The molecular weight excluding hydrogens is 414 g/mol. The van der Waals surface area contributed by atoms with Crippen LogP contribution in [0.3, 0.4) is 0 Å². The van der Waals surface area contributed by atoms with Gasteiger partial charge in [0, 0.05) is 24.1 Å². The Bertz CT molecular complexity index is 933. The second-order valence-electron chi connectivity index (χ2n) is 6.36. The number of rotatable bonds is 6. The van der Waals surface area contributed by atoms with Gasteiger partial charge in [0.05, 0.1) is 15.9 Å². The predicted molar refractivity (Wildman–Crippen MR) is 110 cm³/mol. The quantitative estimate of drug-likeness (QED) is 0.590. The molecule has 0 aliphatic carbocycles. The molecule has 2 aromatic heterocycles. The fraction of sp³-hybridized carbons (Fsp3) is 0.389. The summed E-state index contributed by atoms with van der Waals surface area (Å²) in [5.41, 5.74) is 2.34. The smallest absolute Gasteiger partial charge is 0.278 e. The van der Waals surface area contributed by atoms with Gasteiger partial charge < -0.3 is 4.90 Å². The Morgan fingerprint density at radius 3 is 2.73 bits per heavy atom. The van der Waals surface area contributed by atoms with E-state index in [2.05, 4.69) is 25.9 Å². The number of thiazole rings is 1. The van der Waals surface area contributed by atoms with Crippen LogP contribution in [0.4, 0.5) is 5.13 Å². The van der Waals surface area contributed by atoms with Crippen LogP contribution in [0.1, 0.15) is 23.1 Å². The van der Waals surface area contributed by atoms with Gasteiger partial charge in [-0.3, -0.25) is 14.4 Å². The number of fused-ring (bicyclic) bond motifs is 1. The van der Waals surface area contributed by atoms with Crippen molar-refractivity contribution in [2.75, 3.05) is 32.1 Å². The number of aromatic nitrogens is 3. The lowest BCUT2D eigenvalue weighted by Gasteiger charge is -2.22. The van der Waals surface area contributed by atoms with Gasteiger partial charge in [-0.2, -0.15) is 5.10 Å². The molecule has 138 valence electrons. The SMILES string of the molecule is CCn1nc(C)cc1C(=O)N(CCN(C)C)c1nc2ccc(Br)cc2s1. The van der Waals surface area contributed by atoms with Gasteiger partial charge in [0.15, 0.2) is 5.13 Å². The number of aryl methyl sites for hydroxylation is 2. The van der Waals surface area contributed by atoms with Gasteiger partial charge in [-0.15, -0.1) is 0 Å². The van der Waals surface area contributed by atoms with Gasteiger partial charge in [0.1, 0.15) is 5.69 Å². The van der Waals surface area contributed by atoms with E-state index in [0.717, 1.165) is 26.9 Å². The van der Waals surface area contributed by atoms with E-state index in [1.54, 1.807) is 9.58 Å². The first-order chi connectivity index (χ1) is 12.4. The van der Waals surface area contributed by atoms with Crippen molar-refractivity contribution in [3.63, 3.8) is 0 Å². The van der Waals surface area contributed by atoms with Crippen molar-refractivity contribution in [2.45, 2.75) is 20.4 Å². The van der Waals surface area contributed by atoms with Crippen molar-refractivity contribution in [1.29, 1.82) is 0 Å². The number of halogens is 1. The molecule has 1 amide bonds. The molecule has 3 rings (SSSR count). The molecule has 0 saturated heterocycles. The fourth-order valence-electron chi connectivity index (χ4n) is 2.68. The molecule has 0 unspecified atom stereocenters. The number of carbonyl (C=O) groups is 1. The number of nitrogens with zero attached hydrogens (tertiary/aromatic N) is 5. The summed E-state index contributed by atoms with van der Waals surface area (Å²) in [6.07, 6.45) is 0. The van der Waals surface area contributed by atoms with E-state index in [1.165, 1.54) is 11.3 Å². The third-order valence-corrected chi connectivity index (χ3v) is 5.54. The molecule has 0 radical (unpaired) electrons. The lowest BCUT2D eigenvalue weighted by molar-refractivity contribution is 0.0975. The minimum atomic E-state index is -0.0626. The monoisotopic (exact) mass is 435 g/mol. The van der Waals surface area contributed by atoms with E-state index < -0.39 is 0 Å². The first-order valence-electron chi connectivity index (χ1n) is 8.46. The summed E-state index contributed by atoms with van der Waals surface area (Å²) >= 11 is 5.03. The molecule has 0 fully saturated rings. The maximum Gasteiger partial charge on any atom is 0.278 e. The molecule has 26 heavy (non-hydrogen) atoms. The van der Waals surface area contributed by atoms with Crippen molar-refractivity contribution in [3.05, 3.63) is 40.1 Å². The van der Waals surface area contributed by atoms with Crippen LogP contribution < -0.4 is 4.90 Å². The molecule has 1 aromatic carbocycles. The van der Waals surface area contributed by atoms with E-state index >= 15 is 0 Å². The normalized spacial score (nSPS) is 11.5. The number of carbonyl (C=O) groups excluding carboxylic acids is 1. The summed E-state index contributed by atoms with van der Waals surface area (Å²) in [7, 11) is 4.00. The number of likely N-dealkylation sites (N-methyl/N-ethyl adjacent to an activating group) is 1. The Balaban J connectivity index is 2.01. The van der Waals surface area contributed by atoms with E-state index in [9.17, 15) is 4.79 Å². The van der Waals surface area contributed by atoms with Crippen LogP contribution >= 0.6 is 27.3 Å². The minimum Gasteiger partial charge on any atom is -0.308 e. The second-order valence-corrected chi connectivity index (χ2v) is 8.28. The summed E-state index contributed by atoms with van der Waals surface area (Å²) in [6, 6.07) is 7.81. The van der Waals surface area contributed by atoms with Crippen molar-refractivity contribution >= 4 is 48.5 Å². The van der Waals surface area contributed by atoms with Crippen LogP contribution in [0.2, 0.25) is 0 Å². The molecular formula is C18H22BrN5OS. The van der Waals surface area contributed by atoms with Gasteiger partial charge in [0.2, 0.25) is 0 Å². The Morgan fingerprint density at radius 2 is 2.04 bits per heavy atom. The van der Waals surface area contributed by atoms with Crippen LogP contribution in [-0.4, -0.2) is 52.8 Å². The molecule has 0 aliphatic heterocycles. The Kier molecular flexibility index (Phi) is 5.74. The lowest BCUT2D eigenvalue weighted by atomic mass is 10.3. The highest BCUT2D eigenvalue weighted by atomic mass is 79.9. The third-order valence-electron chi connectivity index (χ3n) is 4.01. The van der Waals surface area contributed by atoms with Gasteiger partial charge in [-0.25, -0.2) is 4.98 Å². The van der Waals surface area contributed by atoms with Gasteiger partial charge in [-0.1, -0.05) is 27.3 Å². The van der Waals surface area contributed by atoms with Gasteiger partial charge in [0.25, 0.3) is 5.91 Å². The first kappa shape index (κ1) is 19.0. The molecule has 0 N–H and O–H groups in total. The molecule has 0 atom stereocenters. The second kappa shape index (κ2) is 7.85. The molecule has 3 aromatic rings. The summed E-state index contributed by atoms with van der Waals surface area (Å²) in [4.78, 5) is 21.8. The zero-order valence-electron chi connectivity index (χ0n) is 15.4. The molecule has 0 bridgehead atoms. The standard InChI is InChI=1S/C18H22BrN5OS/c1-5-24-15(10-12(2)21-24)17(25)23(9-8-22(3)4)18-20-14-7-6-13(19)11-16(14)26-18/h6-7,10-11H,5,8-9H2,1-4H3. The van der Waals surface area contributed by atoms with Crippen LogP contribution in [0.25, 0.3) is 10.2 Å². The zero-order valence-corrected chi connectivity index (χ0v) is 17.8. The predicted octanol–water partition coefficient (Wildman–Crippen LogP) is 3.79. The Labute approximate surface area is 165 Å². The highest BCUT2D eigenvalue weighted by Gasteiger charge is 2.24. The number of amides is 1. The molecule has 0 aliphatic rings. The van der Waals surface area contributed by atoms with Crippen molar-refractivity contribution < 1.29 is 4.79 Å². The molecule has 0 saturated carbocycles. The van der Waals surface area contributed by atoms with Crippen molar-refractivity contribution in [1.82, 2.24) is 19.7 Å². The molecule has 6 nitrogen and oxygen atoms in total. The Morgan fingerprint density at radius 1 is 1.27 bits per heavy atom. The average Bonchev–Trinajstić information content (AvgIpc) is 3.17. The maximum atomic E-state index is 13.3. The first-order valence-corrected chi connectivity index (χ1v) is 10.1. The highest BCUT2D eigenvalue weighted by Crippen LogP contribution is 2.31. The van der Waals surface area contributed by atoms with Crippen LogP contribution in [0.5, 0.6) is 0 Å². The number of hydrogen-bond acceptors (Lipinski definition) is 5. The summed E-state index contributed by atoms with van der Waals surface area (Å²) in [5, 5.41) is 5.13.